The molecule has 0 radical (unpaired) electrons. The summed E-state index contributed by atoms with van der Waals surface area (Å²) in [5.41, 5.74) is 16.6. The highest BCUT2D eigenvalue weighted by molar-refractivity contribution is 6.30. The zero-order valence-corrected chi connectivity index (χ0v) is 15.2. The first-order valence-electron chi connectivity index (χ1n) is 8.42. The van der Waals surface area contributed by atoms with Crippen LogP contribution < -0.4 is 16.2 Å². The molecular formula is C20H18ClN5O. The van der Waals surface area contributed by atoms with Crippen LogP contribution >= 0.6 is 11.6 Å². The van der Waals surface area contributed by atoms with E-state index in [4.69, 9.17) is 27.8 Å². The highest BCUT2D eigenvalue weighted by Gasteiger charge is 2.09. The van der Waals surface area contributed by atoms with E-state index in [2.05, 4.69) is 9.97 Å². The lowest BCUT2D eigenvalue weighted by atomic mass is 10.1. The molecule has 0 unspecified atom stereocenters. The van der Waals surface area contributed by atoms with Gasteiger partial charge in [-0.1, -0.05) is 35.9 Å². The Labute approximate surface area is 161 Å². The minimum Gasteiger partial charge on any atom is -0.473 e. The second-order valence-corrected chi connectivity index (χ2v) is 6.66. The fourth-order valence-electron chi connectivity index (χ4n) is 2.85. The lowest BCUT2D eigenvalue weighted by Crippen LogP contribution is -2.05. The van der Waals surface area contributed by atoms with Crippen LogP contribution in [0.5, 0.6) is 5.88 Å². The Morgan fingerprint density at radius 3 is 2.48 bits per heavy atom. The van der Waals surface area contributed by atoms with Crippen LogP contribution in [-0.4, -0.2) is 14.5 Å². The molecule has 4 N–H and O–H groups in total. The van der Waals surface area contributed by atoms with Crippen LogP contribution in [-0.2, 0) is 13.2 Å². The summed E-state index contributed by atoms with van der Waals surface area (Å²) in [5, 5.41) is 0.583. The van der Waals surface area contributed by atoms with Crippen molar-refractivity contribution in [2.24, 2.45) is 0 Å². The van der Waals surface area contributed by atoms with E-state index in [1.807, 2.05) is 47.0 Å². The molecule has 136 valence electrons. The van der Waals surface area contributed by atoms with E-state index in [1.54, 1.807) is 18.3 Å². The van der Waals surface area contributed by atoms with E-state index in [0.29, 0.717) is 35.7 Å². The number of hydrogen-bond acceptors (Lipinski definition) is 5. The van der Waals surface area contributed by atoms with Crippen LogP contribution in [0.2, 0.25) is 5.02 Å². The van der Waals surface area contributed by atoms with Gasteiger partial charge in [-0.3, -0.25) is 0 Å². The summed E-state index contributed by atoms with van der Waals surface area (Å²) in [7, 11) is 0. The normalized spacial score (nSPS) is 11.0. The second-order valence-electron chi connectivity index (χ2n) is 6.22. The van der Waals surface area contributed by atoms with Gasteiger partial charge in [-0.05, 0) is 35.4 Å². The van der Waals surface area contributed by atoms with Crippen LogP contribution in [0.4, 0.5) is 11.6 Å². The molecule has 0 spiro atoms. The first kappa shape index (κ1) is 17.2. The number of ether oxygens (including phenoxy) is 1. The maximum absolute atomic E-state index is 6.08. The molecule has 4 rings (SSSR count). The number of pyridine rings is 1. The Morgan fingerprint density at radius 1 is 0.963 bits per heavy atom. The molecule has 27 heavy (non-hydrogen) atoms. The zero-order valence-electron chi connectivity index (χ0n) is 14.5. The predicted molar refractivity (Wildman–Crippen MR) is 108 cm³/mol. The standard InChI is InChI=1S/C20H18ClN5O/c21-15-5-8-19(24-10-15)27-12-14-3-1-13(2-4-14)11-26-18-9-16(22)6-7-17(18)25-20(26)23/h1-10H,11-12,22H2,(H2,23,25). The molecule has 0 saturated carbocycles. The molecule has 2 aromatic heterocycles. The van der Waals surface area contributed by atoms with Crippen molar-refractivity contribution >= 4 is 34.3 Å². The van der Waals surface area contributed by atoms with Crippen molar-refractivity contribution in [3.05, 3.63) is 76.9 Å². The van der Waals surface area contributed by atoms with E-state index in [1.165, 1.54) is 0 Å². The minimum absolute atomic E-state index is 0.432. The summed E-state index contributed by atoms with van der Waals surface area (Å²) in [6.07, 6.45) is 1.56. The Bertz CT molecular complexity index is 1070. The molecule has 0 atom stereocenters. The van der Waals surface area contributed by atoms with Gasteiger partial charge in [0.15, 0.2) is 0 Å². The van der Waals surface area contributed by atoms with Gasteiger partial charge in [-0.2, -0.15) is 0 Å². The summed E-state index contributed by atoms with van der Waals surface area (Å²) < 4.78 is 7.62. The average Bonchev–Trinajstić information content (AvgIpc) is 2.97. The van der Waals surface area contributed by atoms with Crippen molar-refractivity contribution in [1.29, 1.82) is 0 Å². The molecule has 2 aromatic carbocycles. The molecule has 0 aliphatic carbocycles. The fourth-order valence-corrected chi connectivity index (χ4v) is 2.96. The van der Waals surface area contributed by atoms with E-state index >= 15 is 0 Å². The molecule has 0 amide bonds. The molecule has 0 saturated heterocycles. The van der Waals surface area contributed by atoms with Crippen molar-refractivity contribution in [3.63, 3.8) is 0 Å². The highest BCUT2D eigenvalue weighted by atomic mass is 35.5. The van der Waals surface area contributed by atoms with E-state index in [-0.39, 0.29) is 0 Å². The summed E-state index contributed by atoms with van der Waals surface area (Å²) in [4.78, 5) is 8.50. The summed E-state index contributed by atoms with van der Waals surface area (Å²) in [5.74, 6) is 1.01. The van der Waals surface area contributed by atoms with Crippen LogP contribution in [0.15, 0.2) is 60.8 Å². The van der Waals surface area contributed by atoms with Crippen molar-refractivity contribution in [3.8, 4) is 5.88 Å². The lowest BCUT2D eigenvalue weighted by Gasteiger charge is -2.09. The van der Waals surface area contributed by atoms with Gasteiger partial charge >= 0.3 is 0 Å². The predicted octanol–water partition coefficient (Wildman–Crippen LogP) is 3.88. The molecule has 0 bridgehead atoms. The molecule has 6 nitrogen and oxygen atoms in total. The topological polar surface area (TPSA) is 92.0 Å². The second kappa shape index (κ2) is 7.17. The van der Waals surface area contributed by atoms with Gasteiger partial charge in [0.2, 0.25) is 11.8 Å². The largest absolute Gasteiger partial charge is 0.473 e. The molecule has 7 heteroatoms. The van der Waals surface area contributed by atoms with Gasteiger partial charge in [-0.15, -0.1) is 0 Å². The van der Waals surface area contributed by atoms with Gasteiger partial charge in [0, 0.05) is 18.0 Å². The van der Waals surface area contributed by atoms with Gasteiger partial charge in [0.25, 0.3) is 0 Å². The quantitative estimate of drug-likeness (QED) is 0.513. The third-order valence-electron chi connectivity index (χ3n) is 4.25. The molecule has 4 aromatic rings. The summed E-state index contributed by atoms with van der Waals surface area (Å²) in [6, 6.07) is 17.2. The average molecular weight is 380 g/mol. The van der Waals surface area contributed by atoms with Gasteiger partial charge in [-0.25, -0.2) is 9.97 Å². The third-order valence-corrected chi connectivity index (χ3v) is 4.48. The van der Waals surface area contributed by atoms with Crippen molar-refractivity contribution in [2.45, 2.75) is 13.2 Å². The van der Waals surface area contributed by atoms with Crippen LogP contribution in [0.3, 0.4) is 0 Å². The van der Waals surface area contributed by atoms with Gasteiger partial charge in [0.1, 0.15) is 6.61 Å². The Kier molecular flexibility index (Phi) is 4.56. The molecule has 0 fully saturated rings. The smallest absolute Gasteiger partial charge is 0.213 e. The SMILES string of the molecule is Nc1ccc2nc(N)n(Cc3ccc(COc4ccc(Cl)cn4)cc3)c2c1. The molecule has 0 aliphatic heterocycles. The number of hydrogen-bond donors (Lipinski definition) is 2. The van der Waals surface area contributed by atoms with Gasteiger partial charge < -0.3 is 20.8 Å². The van der Waals surface area contributed by atoms with Crippen LogP contribution in [0.25, 0.3) is 11.0 Å². The maximum Gasteiger partial charge on any atom is 0.213 e. The summed E-state index contributed by atoms with van der Waals surface area (Å²) >= 11 is 5.82. The number of halogens is 1. The highest BCUT2D eigenvalue weighted by Crippen LogP contribution is 2.22. The van der Waals surface area contributed by atoms with E-state index in [9.17, 15) is 0 Å². The number of nitrogens with zero attached hydrogens (tertiary/aromatic N) is 3. The van der Waals surface area contributed by atoms with Crippen molar-refractivity contribution in [2.75, 3.05) is 11.5 Å². The minimum atomic E-state index is 0.432. The van der Waals surface area contributed by atoms with E-state index < -0.39 is 0 Å². The Balaban J connectivity index is 1.47. The maximum atomic E-state index is 6.08. The first-order valence-corrected chi connectivity index (χ1v) is 8.80. The number of rotatable bonds is 5. The van der Waals surface area contributed by atoms with Crippen molar-refractivity contribution < 1.29 is 4.74 Å². The zero-order chi connectivity index (χ0) is 18.8. The number of anilines is 2. The van der Waals surface area contributed by atoms with Crippen LogP contribution in [0.1, 0.15) is 11.1 Å². The molecular weight excluding hydrogens is 362 g/mol. The molecule has 2 heterocycles. The number of fused-ring (bicyclic) bond motifs is 1. The van der Waals surface area contributed by atoms with E-state index in [0.717, 1.165) is 22.2 Å². The van der Waals surface area contributed by atoms with Crippen molar-refractivity contribution in [1.82, 2.24) is 14.5 Å². The lowest BCUT2D eigenvalue weighted by molar-refractivity contribution is 0.294. The number of imidazole rings is 1. The summed E-state index contributed by atoms with van der Waals surface area (Å²) in [6.45, 7) is 1.05. The monoisotopic (exact) mass is 379 g/mol. The number of nitrogens with two attached hydrogens (primary N) is 2. The Morgan fingerprint density at radius 2 is 1.74 bits per heavy atom. The fraction of sp³-hybridized carbons (Fsp3) is 0.100. The molecule has 0 aliphatic rings. The third kappa shape index (κ3) is 3.80. The first-order chi connectivity index (χ1) is 13.1. The Hall–Kier alpha value is -3.25. The van der Waals surface area contributed by atoms with Crippen LogP contribution in [0, 0.1) is 0 Å². The number of benzene rings is 2. The number of nitrogen functional groups attached to an aromatic ring is 2. The van der Waals surface area contributed by atoms with Gasteiger partial charge in [0.05, 0.1) is 22.6 Å². The number of aromatic nitrogens is 3.